The zero-order valence-electron chi connectivity index (χ0n) is 23.4. The number of benzene rings is 2. The summed E-state index contributed by atoms with van der Waals surface area (Å²) in [7, 11) is 0. The van der Waals surface area contributed by atoms with E-state index in [9.17, 15) is 9.59 Å². The highest BCUT2D eigenvalue weighted by Gasteiger charge is 2.17. The number of nitrogens with zero attached hydrogens (tertiary/aromatic N) is 1. The zero-order valence-corrected chi connectivity index (χ0v) is 24.9. The van der Waals surface area contributed by atoms with Crippen molar-refractivity contribution in [3.8, 4) is 5.75 Å². The van der Waals surface area contributed by atoms with Crippen LogP contribution < -0.4 is 15.8 Å². The van der Waals surface area contributed by atoms with Gasteiger partial charge in [0.15, 0.2) is 5.88 Å². The molecule has 2 aromatic carbocycles. The maximum atomic E-state index is 12.3. The molecule has 0 spiro atoms. The maximum absolute atomic E-state index is 12.3. The highest BCUT2D eigenvalue weighted by atomic mass is 35.5. The molecule has 7 nitrogen and oxygen atoms in total. The van der Waals surface area contributed by atoms with Gasteiger partial charge < -0.3 is 20.9 Å². The van der Waals surface area contributed by atoms with E-state index in [2.05, 4.69) is 35.5 Å². The second kappa shape index (κ2) is 16.0. The molecule has 4 N–H and O–H groups in total. The summed E-state index contributed by atoms with van der Waals surface area (Å²) in [6.07, 6.45) is 14.2. The molecule has 1 fully saturated rings. The third-order valence-corrected chi connectivity index (χ3v) is 7.37. The van der Waals surface area contributed by atoms with Gasteiger partial charge in [0.25, 0.3) is 5.91 Å². The van der Waals surface area contributed by atoms with Gasteiger partial charge in [0.1, 0.15) is 5.75 Å². The van der Waals surface area contributed by atoms with Crippen molar-refractivity contribution in [2.24, 2.45) is 22.6 Å². The molecule has 1 atom stereocenters. The molecule has 9 heteroatoms. The van der Waals surface area contributed by atoms with Gasteiger partial charge in [-0.1, -0.05) is 67.6 Å². The molecule has 1 aliphatic rings. The maximum Gasteiger partial charge on any atom is 0.305 e. The number of nitrogens with one attached hydrogen (secondary N) is 1. The fraction of sp³-hybridized carbons (Fsp3) is 0.344. The third-order valence-electron chi connectivity index (χ3n) is 6.93. The summed E-state index contributed by atoms with van der Waals surface area (Å²) in [5.74, 6) is -0.308. The Kier molecular flexibility index (Phi) is 12.5. The molecule has 2 aromatic rings. The SMILES string of the molecule is C/C=C(\C=C/C(C)C(C=Nc1cc(Cl)cc(Cl)c1)=C(N)Oc1ccc(C(=O)NCCC(=O)O)cc1)C1CCCCC1. The van der Waals surface area contributed by atoms with E-state index in [0.717, 1.165) is 0 Å². The number of aliphatic imine (C=N–C) groups is 1. The van der Waals surface area contributed by atoms with Crippen molar-refractivity contribution in [1.82, 2.24) is 5.32 Å². The summed E-state index contributed by atoms with van der Waals surface area (Å²) < 4.78 is 5.99. The fourth-order valence-electron chi connectivity index (χ4n) is 4.67. The van der Waals surface area contributed by atoms with E-state index in [-0.39, 0.29) is 30.7 Å². The van der Waals surface area contributed by atoms with Crippen LogP contribution in [-0.4, -0.2) is 29.7 Å². The van der Waals surface area contributed by atoms with Crippen LogP contribution in [0.15, 0.2) is 82.7 Å². The highest BCUT2D eigenvalue weighted by molar-refractivity contribution is 6.35. The summed E-state index contributed by atoms with van der Waals surface area (Å²) >= 11 is 12.3. The zero-order chi connectivity index (χ0) is 29.8. The van der Waals surface area contributed by atoms with Gasteiger partial charge in [-0.2, -0.15) is 0 Å². The second-order valence-corrected chi connectivity index (χ2v) is 10.9. The fourth-order valence-corrected chi connectivity index (χ4v) is 5.19. The quantitative estimate of drug-likeness (QED) is 0.131. The van der Waals surface area contributed by atoms with E-state index in [1.165, 1.54) is 37.7 Å². The first-order chi connectivity index (χ1) is 19.7. The Hall–Kier alpha value is -3.55. The Morgan fingerprint density at radius 2 is 1.78 bits per heavy atom. The van der Waals surface area contributed by atoms with E-state index < -0.39 is 5.97 Å². The minimum atomic E-state index is -0.978. The molecule has 0 radical (unpaired) electrons. The number of allylic oxidation sites excluding steroid dienone is 5. The number of carboxylic acids is 1. The van der Waals surface area contributed by atoms with Crippen molar-refractivity contribution in [2.45, 2.75) is 52.4 Å². The van der Waals surface area contributed by atoms with Crippen molar-refractivity contribution in [1.29, 1.82) is 0 Å². The molecule has 41 heavy (non-hydrogen) atoms. The van der Waals surface area contributed by atoms with Gasteiger partial charge in [0.05, 0.1) is 12.1 Å². The standard InChI is InChI=1S/C32H37Cl2N3O4/c1-3-22(23-7-5-4-6-8-23)10-9-21(2)29(20-37-27-18-25(33)17-26(34)19-27)31(35)41-28-13-11-24(12-14-28)32(40)36-16-15-30(38)39/h3,9-14,17-21,23H,4-8,15-16,35H2,1-2H3,(H,36,40)(H,38,39)/b10-9-,22-3+,31-29?,37-20?. The number of nitrogens with two attached hydrogens (primary N) is 1. The molecule has 0 saturated heterocycles. The average Bonchev–Trinajstić information content (AvgIpc) is 2.93. The summed E-state index contributed by atoms with van der Waals surface area (Å²) in [6.45, 7) is 4.15. The molecule has 218 valence electrons. The number of hydrogen-bond donors (Lipinski definition) is 3. The van der Waals surface area contributed by atoms with Crippen molar-refractivity contribution < 1.29 is 19.4 Å². The first-order valence-corrected chi connectivity index (χ1v) is 14.5. The lowest BCUT2D eigenvalue weighted by Crippen LogP contribution is -2.25. The number of carboxylic acid groups (broad SMARTS) is 1. The topological polar surface area (TPSA) is 114 Å². The average molecular weight is 599 g/mol. The lowest BCUT2D eigenvalue weighted by Gasteiger charge is -2.23. The largest absolute Gasteiger partial charge is 0.481 e. The van der Waals surface area contributed by atoms with E-state index in [4.69, 9.17) is 38.8 Å². The number of amides is 1. The van der Waals surface area contributed by atoms with Crippen LogP contribution in [0.2, 0.25) is 10.0 Å². The smallest absolute Gasteiger partial charge is 0.305 e. The van der Waals surface area contributed by atoms with Gasteiger partial charge in [0, 0.05) is 39.9 Å². The number of rotatable bonds is 12. The number of carbonyl (C=O) groups is 2. The van der Waals surface area contributed by atoms with Gasteiger partial charge in [-0.3, -0.25) is 14.6 Å². The van der Waals surface area contributed by atoms with E-state index in [1.54, 1.807) is 48.7 Å². The summed E-state index contributed by atoms with van der Waals surface area (Å²) in [5.41, 5.74) is 9.42. The highest BCUT2D eigenvalue weighted by Crippen LogP contribution is 2.31. The molecule has 0 bridgehead atoms. The van der Waals surface area contributed by atoms with Gasteiger partial charge >= 0.3 is 5.97 Å². The lowest BCUT2D eigenvalue weighted by molar-refractivity contribution is -0.136. The van der Waals surface area contributed by atoms with E-state index in [1.807, 2.05) is 6.92 Å². The lowest BCUT2D eigenvalue weighted by atomic mass is 9.83. The molecule has 1 amide bonds. The number of carbonyl (C=O) groups excluding carboxylic acids is 1. The molecule has 0 aromatic heterocycles. The Balaban J connectivity index is 1.83. The Labute approximate surface area is 251 Å². The van der Waals surface area contributed by atoms with Crippen LogP contribution >= 0.6 is 23.2 Å². The normalized spacial score (nSPS) is 16.0. The predicted octanol–water partition coefficient (Wildman–Crippen LogP) is 7.87. The first kappa shape index (κ1) is 32.0. The van der Waals surface area contributed by atoms with Crippen LogP contribution in [0.5, 0.6) is 5.75 Å². The molecule has 1 aliphatic carbocycles. The predicted molar refractivity (Wildman–Crippen MR) is 166 cm³/mol. The van der Waals surface area contributed by atoms with Gasteiger partial charge in [-0.15, -0.1) is 0 Å². The first-order valence-electron chi connectivity index (χ1n) is 13.8. The molecule has 1 saturated carbocycles. The van der Waals surface area contributed by atoms with E-state index in [0.29, 0.717) is 38.5 Å². The van der Waals surface area contributed by atoms with Crippen LogP contribution in [-0.2, 0) is 4.79 Å². The molecule has 1 unspecified atom stereocenters. The summed E-state index contributed by atoms with van der Waals surface area (Å²) in [5, 5.41) is 12.3. The van der Waals surface area contributed by atoms with Gasteiger partial charge in [0.2, 0.25) is 0 Å². The van der Waals surface area contributed by atoms with Crippen molar-refractivity contribution in [2.75, 3.05) is 6.54 Å². The number of ether oxygens (including phenoxy) is 1. The van der Waals surface area contributed by atoms with Crippen molar-refractivity contribution >= 4 is 47.0 Å². The summed E-state index contributed by atoms with van der Waals surface area (Å²) in [6, 6.07) is 11.5. The molecule has 0 aliphatic heterocycles. The minimum Gasteiger partial charge on any atom is -0.481 e. The Morgan fingerprint density at radius 3 is 2.39 bits per heavy atom. The van der Waals surface area contributed by atoms with Gasteiger partial charge in [-0.25, -0.2) is 0 Å². The van der Waals surface area contributed by atoms with E-state index >= 15 is 0 Å². The van der Waals surface area contributed by atoms with Crippen molar-refractivity contribution in [3.05, 3.63) is 93.3 Å². The number of halogens is 2. The second-order valence-electron chi connectivity index (χ2n) is 10.0. The molecular weight excluding hydrogens is 561 g/mol. The van der Waals surface area contributed by atoms with Crippen LogP contribution in [0, 0.1) is 11.8 Å². The van der Waals surface area contributed by atoms with Crippen LogP contribution in [0.1, 0.15) is 62.7 Å². The molecule has 0 heterocycles. The number of aliphatic carboxylic acids is 1. The van der Waals surface area contributed by atoms with Gasteiger partial charge in [-0.05, 0) is 73.7 Å². The van der Waals surface area contributed by atoms with Crippen LogP contribution in [0.3, 0.4) is 0 Å². The molecular formula is C32H37Cl2N3O4. The van der Waals surface area contributed by atoms with Crippen molar-refractivity contribution in [3.63, 3.8) is 0 Å². The monoisotopic (exact) mass is 597 g/mol. The number of hydrogen-bond acceptors (Lipinski definition) is 5. The minimum absolute atomic E-state index is 0.0454. The summed E-state index contributed by atoms with van der Waals surface area (Å²) in [4.78, 5) is 27.5. The Bertz CT molecular complexity index is 1310. The van der Waals surface area contributed by atoms with Crippen LogP contribution in [0.25, 0.3) is 0 Å². The van der Waals surface area contributed by atoms with Crippen LogP contribution in [0.4, 0.5) is 5.69 Å². The third kappa shape index (κ3) is 10.4. The Morgan fingerprint density at radius 1 is 1.12 bits per heavy atom. The molecule has 3 rings (SSSR count).